The molecule has 1 heterocycles. The first-order chi connectivity index (χ1) is 9.95. The van der Waals surface area contributed by atoms with E-state index in [9.17, 15) is 18.5 Å². The first-order valence-electron chi connectivity index (χ1n) is 5.63. The number of nitrogens with zero attached hydrogens (tertiary/aromatic N) is 2. The van der Waals surface area contributed by atoms with Gasteiger partial charge in [-0.2, -0.15) is 0 Å². The minimum atomic E-state index is -4.17. The van der Waals surface area contributed by atoms with Crippen molar-refractivity contribution in [1.29, 1.82) is 0 Å². The van der Waals surface area contributed by atoms with Gasteiger partial charge in [0.15, 0.2) is 4.90 Å². The Morgan fingerprint density at radius 1 is 1.19 bits per heavy atom. The lowest BCUT2D eigenvalue weighted by Gasteiger charge is -2.09. The number of sulfonamides is 1. The number of aromatic nitrogens is 1. The minimum absolute atomic E-state index is 0.0536. The fourth-order valence-electron chi connectivity index (χ4n) is 1.66. The second kappa shape index (κ2) is 5.73. The molecule has 0 atom stereocenters. The summed E-state index contributed by atoms with van der Waals surface area (Å²) in [7, 11) is -4.17. The van der Waals surface area contributed by atoms with Gasteiger partial charge in [0.1, 0.15) is 11.5 Å². The first-order valence-corrected chi connectivity index (χ1v) is 7.12. The standard InChI is InChI=1S/C11H11N5O4S/c12-14-8-4-3-5-9(11(8)16(17)18)21(19,20)15-10-6-1-2-7-13-10/h1-7,14H,12H2,(H,13,15). The molecule has 2 rings (SSSR count). The van der Waals surface area contributed by atoms with Crippen molar-refractivity contribution < 1.29 is 13.3 Å². The monoisotopic (exact) mass is 309 g/mol. The summed E-state index contributed by atoms with van der Waals surface area (Å²) in [6, 6.07) is 8.38. The van der Waals surface area contributed by atoms with Gasteiger partial charge in [0, 0.05) is 6.20 Å². The number of anilines is 2. The Hall–Kier alpha value is -2.72. The fraction of sp³-hybridized carbons (Fsp3) is 0. The quantitative estimate of drug-likeness (QED) is 0.426. The van der Waals surface area contributed by atoms with Crippen LogP contribution in [0.2, 0.25) is 0 Å². The summed E-state index contributed by atoms with van der Waals surface area (Å²) in [5.41, 5.74) is 1.36. The number of pyridine rings is 1. The van der Waals surface area contributed by atoms with Crippen molar-refractivity contribution in [3.63, 3.8) is 0 Å². The molecule has 0 amide bonds. The van der Waals surface area contributed by atoms with Crippen LogP contribution >= 0.6 is 0 Å². The van der Waals surface area contributed by atoms with Crippen LogP contribution in [0, 0.1) is 10.1 Å². The van der Waals surface area contributed by atoms with Gasteiger partial charge < -0.3 is 5.43 Å². The van der Waals surface area contributed by atoms with E-state index in [2.05, 4.69) is 15.1 Å². The average Bonchev–Trinajstić information content (AvgIpc) is 2.46. The first kappa shape index (κ1) is 14.7. The minimum Gasteiger partial charge on any atom is -0.318 e. The van der Waals surface area contributed by atoms with E-state index >= 15 is 0 Å². The number of nitro groups is 1. The Balaban J connectivity index is 2.52. The number of nitrogens with two attached hydrogens (primary N) is 1. The number of rotatable bonds is 5. The van der Waals surface area contributed by atoms with Gasteiger partial charge >= 0.3 is 5.69 Å². The van der Waals surface area contributed by atoms with E-state index in [1.54, 1.807) is 12.1 Å². The zero-order chi connectivity index (χ0) is 15.5. The maximum absolute atomic E-state index is 12.3. The molecule has 0 unspecified atom stereocenters. The largest absolute Gasteiger partial charge is 0.318 e. The normalized spacial score (nSPS) is 10.9. The topological polar surface area (TPSA) is 140 Å². The predicted octanol–water partition coefficient (Wildman–Crippen LogP) is 1.08. The summed E-state index contributed by atoms with van der Waals surface area (Å²) in [5, 5.41) is 11.1. The summed E-state index contributed by atoms with van der Waals surface area (Å²) in [5.74, 6) is 5.22. The molecule has 1 aromatic heterocycles. The van der Waals surface area contributed by atoms with Gasteiger partial charge in [-0.1, -0.05) is 12.1 Å². The summed E-state index contributed by atoms with van der Waals surface area (Å²) in [6.45, 7) is 0. The predicted molar refractivity (Wildman–Crippen MR) is 76.0 cm³/mol. The molecule has 0 radical (unpaired) electrons. The fourth-order valence-corrected chi connectivity index (χ4v) is 2.86. The number of nitrogens with one attached hydrogen (secondary N) is 2. The van der Waals surface area contributed by atoms with E-state index in [4.69, 9.17) is 5.84 Å². The van der Waals surface area contributed by atoms with Gasteiger partial charge in [-0.3, -0.25) is 20.7 Å². The van der Waals surface area contributed by atoms with Crippen LogP contribution in [-0.2, 0) is 10.0 Å². The number of benzene rings is 1. The molecule has 0 saturated carbocycles. The molecule has 21 heavy (non-hydrogen) atoms. The van der Waals surface area contributed by atoms with E-state index in [0.29, 0.717) is 0 Å². The zero-order valence-electron chi connectivity index (χ0n) is 10.6. The number of para-hydroxylation sites is 1. The molecular weight excluding hydrogens is 298 g/mol. The van der Waals surface area contributed by atoms with Gasteiger partial charge in [0.25, 0.3) is 10.0 Å². The molecule has 0 fully saturated rings. The van der Waals surface area contributed by atoms with E-state index in [1.807, 2.05) is 0 Å². The van der Waals surface area contributed by atoms with Crippen molar-refractivity contribution in [3.05, 3.63) is 52.7 Å². The Kier molecular flexibility index (Phi) is 4.00. The van der Waals surface area contributed by atoms with Crippen molar-refractivity contribution >= 4 is 27.2 Å². The van der Waals surface area contributed by atoms with Crippen LogP contribution in [0.15, 0.2) is 47.5 Å². The van der Waals surface area contributed by atoms with Gasteiger partial charge in [0.05, 0.1) is 4.92 Å². The molecule has 0 aliphatic carbocycles. The van der Waals surface area contributed by atoms with E-state index in [-0.39, 0.29) is 11.5 Å². The van der Waals surface area contributed by atoms with Gasteiger partial charge in [0.2, 0.25) is 0 Å². The van der Waals surface area contributed by atoms with Crippen LogP contribution in [0.4, 0.5) is 17.2 Å². The van der Waals surface area contributed by atoms with Crippen molar-refractivity contribution in [2.75, 3.05) is 10.1 Å². The molecule has 0 aliphatic heterocycles. The lowest BCUT2D eigenvalue weighted by molar-refractivity contribution is -0.386. The Bertz CT molecular complexity index is 763. The number of hydrogen-bond donors (Lipinski definition) is 3. The Labute approximate surface area is 120 Å². The molecule has 9 nitrogen and oxygen atoms in total. The number of nitrogen functional groups attached to an aromatic ring is 1. The van der Waals surface area contributed by atoms with Crippen LogP contribution in [0.5, 0.6) is 0 Å². The molecule has 4 N–H and O–H groups in total. The van der Waals surface area contributed by atoms with Crippen LogP contribution in [0.1, 0.15) is 0 Å². The zero-order valence-corrected chi connectivity index (χ0v) is 11.4. The summed E-state index contributed by atoms with van der Waals surface area (Å²) in [4.78, 5) is 13.6. The SMILES string of the molecule is NNc1cccc(S(=O)(=O)Nc2ccccn2)c1[N+](=O)[O-]. The Morgan fingerprint density at radius 2 is 1.95 bits per heavy atom. The Morgan fingerprint density at radius 3 is 2.52 bits per heavy atom. The number of hydrazine groups is 1. The highest BCUT2D eigenvalue weighted by Crippen LogP contribution is 2.32. The van der Waals surface area contributed by atoms with Gasteiger partial charge in [-0.25, -0.2) is 13.4 Å². The highest BCUT2D eigenvalue weighted by atomic mass is 32.2. The molecule has 2 aromatic rings. The molecule has 110 valence electrons. The average molecular weight is 309 g/mol. The lowest BCUT2D eigenvalue weighted by Crippen LogP contribution is -2.17. The van der Waals surface area contributed by atoms with Crippen LogP contribution in [0.3, 0.4) is 0 Å². The molecule has 0 spiro atoms. The van der Waals surface area contributed by atoms with Gasteiger partial charge in [-0.15, -0.1) is 0 Å². The molecule has 0 aliphatic rings. The lowest BCUT2D eigenvalue weighted by atomic mass is 10.3. The van der Waals surface area contributed by atoms with Crippen LogP contribution < -0.4 is 16.0 Å². The molecular formula is C11H11N5O4S. The highest BCUT2D eigenvalue weighted by molar-refractivity contribution is 7.92. The third-order valence-corrected chi connectivity index (χ3v) is 3.92. The van der Waals surface area contributed by atoms with Crippen LogP contribution in [-0.4, -0.2) is 18.3 Å². The molecule has 0 bridgehead atoms. The third kappa shape index (κ3) is 3.07. The summed E-state index contributed by atoms with van der Waals surface area (Å²) >= 11 is 0. The highest BCUT2D eigenvalue weighted by Gasteiger charge is 2.29. The summed E-state index contributed by atoms with van der Waals surface area (Å²) in [6.07, 6.45) is 1.39. The van der Waals surface area contributed by atoms with Crippen molar-refractivity contribution in [1.82, 2.24) is 4.98 Å². The molecule has 10 heteroatoms. The molecule has 1 aromatic carbocycles. The van der Waals surface area contributed by atoms with E-state index in [1.165, 1.54) is 24.4 Å². The van der Waals surface area contributed by atoms with E-state index in [0.717, 1.165) is 6.07 Å². The smallest absolute Gasteiger partial charge is 0.314 e. The third-order valence-electron chi connectivity index (χ3n) is 2.53. The maximum Gasteiger partial charge on any atom is 0.314 e. The summed E-state index contributed by atoms with van der Waals surface area (Å²) < 4.78 is 26.7. The van der Waals surface area contributed by atoms with Crippen molar-refractivity contribution in [2.24, 2.45) is 5.84 Å². The second-order valence-electron chi connectivity index (χ2n) is 3.87. The van der Waals surface area contributed by atoms with Crippen molar-refractivity contribution in [2.45, 2.75) is 4.90 Å². The van der Waals surface area contributed by atoms with Gasteiger partial charge in [-0.05, 0) is 24.3 Å². The van der Waals surface area contributed by atoms with E-state index < -0.39 is 25.5 Å². The number of hydrogen-bond acceptors (Lipinski definition) is 7. The second-order valence-corrected chi connectivity index (χ2v) is 5.53. The molecule has 0 saturated heterocycles. The maximum atomic E-state index is 12.3. The van der Waals surface area contributed by atoms with Crippen molar-refractivity contribution in [3.8, 4) is 0 Å². The van der Waals surface area contributed by atoms with Crippen LogP contribution in [0.25, 0.3) is 0 Å². The number of nitro benzene ring substituents is 1.